The zero-order valence-electron chi connectivity index (χ0n) is 14.9. The molecule has 2 aromatic rings. The minimum Gasteiger partial charge on any atom is -0.354 e. The molecule has 2 atom stereocenters. The Bertz CT molecular complexity index is 751. The van der Waals surface area contributed by atoms with Gasteiger partial charge in [0.2, 0.25) is 5.91 Å². The number of benzene rings is 1. The first-order chi connectivity index (χ1) is 11.8. The first-order valence-electron chi connectivity index (χ1n) is 8.73. The second kappa shape index (κ2) is 7.09. The van der Waals surface area contributed by atoms with E-state index >= 15 is 0 Å². The molecule has 4 N–H and O–H groups in total. The van der Waals surface area contributed by atoms with E-state index in [0.29, 0.717) is 42.3 Å². The summed E-state index contributed by atoms with van der Waals surface area (Å²) < 4.78 is 13.2. The summed E-state index contributed by atoms with van der Waals surface area (Å²) in [7, 11) is 0. The summed E-state index contributed by atoms with van der Waals surface area (Å²) in [6.45, 7) is 7.20. The van der Waals surface area contributed by atoms with Gasteiger partial charge >= 0.3 is 0 Å². The van der Waals surface area contributed by atoms with Crippen molar-refractivity contribution in [1.29, 1.82) is 0 Å². The molecular weight excluding hydrogens is 321 g/mol. The third-order valence-corrected chi connectivity index (χ3v) is 4.65. The predicted molar refractivity (Wildman–Crippen MR) is 95.3 cm³/mol. The maximum absolute atomic E-state index is 13.2. The maximum Gasteiger partial charge on any atom is 0.220 e. The zero-order valence-corrected chi connectivity index (χ0v) is 14.9. The van der Waals surface area contributed by atoms with E-state index in [4.69, 9.17) is 0 Å². The Morgan fingerprint density at radius 1 is 1.36 bits per heavy atom. The number of nitrogens with one attached hydrogen (secondary N) is 4. The summed E-state index contributed by atoms with van der Waals surface area (Å²) in [6.07, 6.45) is 1.84. The van der Waals surface area contributed by atoms with Crippen LogP contribution in [0.1, 0.15) is 39.4 Å². The molecule has 6 nitrogen and oxygen atoms in total. The minimum absolute atomic E-state index is 0.00681. The quantitative estimate of drug-likeness (QED) is 0.667. The Morgan fingerprint density at radius 3 is 2.88 bits per heavy atom. The Balaban J connectivity index is 1.43. The summed E-state index contributed by atoms with van der Waals surface area (Å²) in [4.78, 5) is 19.5. The highest BCUT2D eigenvalue weighted by Gasteiger charge is 2.32. The average molecular weight is 347 g/mol. The number of nitrogens with zero attached hydrogens (tertiary/aromatic N) is 1. The van der Waals surface area contributed by atoms with Crippen LogP contribution >= 0.6 is 0 Å². The molecule has 1 aromatic carbocycles. The van der Waals surface area contributed by atoms with Gasteiger partial charge in [-0.15, -0.1) is 0 Å². The Kier molecular flexibility index (Phi) is 5.06. The molecule has 1 aliphatic rings. The third-order valence-electron chi connectivity index (χ3n) is 4.65. The monoisotopic (exact) mass is 347 g/mol. The number of hydrazine groups is 1. The molecule has 0 bridgehead atoms. The maximum atomic E-state index is 13.2. The molecule has 1 amide bonds. The summed E-state index contributed by atoms with van der Waals surface area (Å²) in [5, 5.41) is 2.97. The second-order valence-corrected chi connectivity index (χ2v) is 7.79. The lowest BCUT2D eigenvalue weighted by Gasteiger charge is -2.26. The van der Waals surface area contributed by atoms with Crippen molar-refractivity contribution in [3.8, 4) is 0 Å². The van der Waals surface area contributed by atoms with E-state index in [-0.39, 0.29) is 23.2 Å². The molecule has 0 radical (unpaired) electrons. The van der Waals surface area contributed by atoms with Gasteiger partial charge in [-0.05, 0) is 30.0 Å². The molecule has 1 aliphatic heterocycles. The lowest BCUT2D eigenvalue weighted by atomic mass is 9.84. The van der Waals surface area contributed by atoms with E-state index < -0.39 is 0 Å². The molecule has 7 heteroatoms. The number of hydrogen-bond acceptors (Lipinski definition) is 4. The summed E-state index contributed by atoms with van der Waals surface area (Å²) in [6, 6.07) is 5.06. The number of rotatable bonds is 5. The highest BCUT2D eigenvalue weighted by atomic mass is 19.1. The van der Waals surface area contributed by atoms with Crippen LogP contribution in [0.3, 0.4) is 0 Å². The van der Waals surface area contributed by atoms with Gasteiger partial charge in [-0.2, -0.15) is 0 Å². The molecule has 1 saturated heterocycles. The summed E-state index contributed by atoms with van der Waals surface area (Å²) in [5.74, 6) is 0.392. The SMILES string of the molecule is CC(C)(C)C1CC(CNC(=O)CCc2nc3ccc(F)cc3[nH]2)NN1. The van der Waals surface area contributed by atoms with Crippen molar-refractivity contribution < 1.29 is 9.18 Å². The van der Waals surface area contributed by atoms with E-state index in [2.05, 4.69) is 46.9 Å². The first kappa shape index (κ1) is 17.8. The Morgan fingerprint density at radius 2 is 2.16 bits per heavy atom. The number of carbonyl (C=O) groups excluding carboxylic acids is 1. The van der Waals surface area contributed by atoms with Crippen LogP contribution in [-0.4, -0.2) is 34.5 Å². The molecule has 25 heavy (non-hydrogen) atoms. The molecule has 1 fully saturated rings. The number of aromatic nitrogens is 2. The predicted octanol–water partition coefficient (Wildman–Crippen LogP) is 2.03. The van der Waals surface area contributed by atoms with Crippen molar-refractivity contribution in [3.05, 3.63) is 29.8 Å². The standard InChI is InChI=1S/C18H26FN5O/c1-18(2,3)15-9-12(23-24-15)10-20-17(25)7-6-16-21-13-5-4-11(19)8-14(13)22-16/h4-5,8,12,15,23-24H,6-7,9-10H2,1-3H3,(H,20,25)(H,21,22). The third kappa shape index (κ3) is 4.55. The lowest BCUT2D eigenvalue weighted by molar-refractivity contribution is -0.121. The molecule has 2 unspecified atom stereocenters. The van der Waals surface area contributed by atoms with E-state index in [0.717, 1.165) is 6.42 Å². The van der Waals surface area contributed by atoms with Gasteiger partial charge in [-0.3, -0.25) is 15.6 Å². The van der Waals surface area contributed by atoms with E-state index in [1.165, 1.54) is 12.1 Å². The van der Waals surface area contributed by atoms with E-state index in [1.807, 2.05) is 0 Å². The van der Waals surface area contributed by atoms with Crippen molar-refractivity contribution in [1.82, 2.24) is 26.1 Å². The van der Waals surface area contributed by atoms with Crippen molar-refractivity contribution in [2.45, 2.75) is 52.1 Å². The van der Waals surface area contributed by atoms with Gasteiger partial charge in [0.05, 0.1) is 11.0 Å². The fourth-order valence-electron chi connectivity index (χ4n) is 3.04. The van der Waals surface area contributed by atoms with Gasteiger partial charge in [-0.1, -0.05) is 20.8 Å². The number of carbonyl (C=O) groups is 1. The largest absolute Gasteiger partial charge is 0.354 e. The molecule has 0 aliphatic carbocycles. The first-order valence-corrected chi connectivity index (χ1v) is 8.73. The fraction of sp³-hybridized carbons (Fsp3) is 0.556. The number of imidazole rings is 1. The van der Waals surface area contributed by atoms with Crippen molar-refractivity contribution in [2.75, 3.05) is 6.54 Å². The average Bonchev–Trinajstić information content (AvgIpc) is 3.16. The van der Waals surface area contributed by atoms with Gasteiger partial charge in [0.15, 0.2) is 0 Å². The molecule has 136 valence electrons. The van der Waals surface area contributed by atoms with Crippen LogP contribution in [0.25, 0.3) is 11.0 Å². The van der Waals surface area contributed by atoms with Gasteiger partial charge < -0.3 is 10.3 Å². The number of aromatic amines is 1. The number of aryl methyl sites for hydroxylation is 1. The highest BCUT2D eigenvalue weighted by molar-refractivity contribution is 5.77. The topological polar surface area (TPSA) is 81.8 Å². The van der Waals surface area contributed by atoms with Crippen molar-refractivity contribution >= 4 is 16.9 Å². The molecule has 3 rings (SSSR count). The lowest BCUT2D eigenvalue weighted by Crippen LogP contribution is -2.42. The summed E-state index contributed by atoms with van der Waals surface area (Å²) in [5.41, 5.74) is 8.11. The molecular formula is C18H26FN5O. The molecule has 0 saturated carbocycles. The van der Waals surface area contributed by atoms with Crippen LogP contribution in [-0.2, 0) is 11.2 Å². The molecule has 1 aromatic heterocycles. The Hall–Kier alpha value is -1.99. The second-order valence-electron chi connectivity index (χ2n) is 7.79. The highest BCUT2D eigenvalue weighted by Crippen LogP contribution is 2.25. The van der Waals surface area contributed by atoms with Crippen LogP contribution in [0.4, 0.5) is 4.39 Å². The number of hydrogen-bond donors (Lipinski definition) is 4. The van der Waals surface area contributed by atoms with Gasteiger partial charge in [0.25, 0.3) is 0 Å². The van der Waals surface area contributed by atoms with Crippen LogP contribution in [0.5, 0.6) is 0 Å². The number of halogens is 1. The van der Waals surface area contributed by atoms with Crippen molar-refractivity contribution in [3.63, 3.8) is 0 Å². The smallest absolute Gasteiger partial charge is 0.220 e. The number of fused-ring (bicyclic) bond motifs is 1. The minimum atomic E-state index is -0.299. The molecule has 2 heterocycles. The van der Waals surface area contributed by atoms with Gasteiger partial charge in [-0.25, -0.2) is 9.37 Å². The van der Waals surface area contributed by atoms with E-state index in [1.54, 1.807) is 6.07 Å². The van der Waals surface area contributed by atoms with Crippen LogP contribution in [0.2, 0.25) is 0 Å². The van der Waals surface area contributed by atoms with Crippen molar-refractivity contribution in [2.24, 2.45) is 5.41 Å². The number of amides is 1. The van der Waals surface area contributed by atoms with Crippen LogP contribution in [0.15, 0.2) is 18.2 Å². The van der Waals surface area contributed by atoms with Gasteiger partial charge in [0.1, 0.15) is 11.6 Å². The van der Waals surface area contributed by atoms with Gasteiger partial charge in [0, 0.05) is 31.5 Å². The summed E-state index contributed by atoms with van der Waals surface area (Å²) >= 11 is 0. The zero-order chi connectivity index (χ0) is 18.0. The molecule has 0 spiro atoms. The normalized spacial score (nSPS) is 21.0. The van der Waals surface area contributed by atoms with E-state index in [9.17, 15) is 9.18 Å². The van der Waals surface area contributed by atoms with Crippen LogP contribution in [0, 0.1) is 11.2 Å². The Labute approximate surface area is 146 Å². The van der Waals surface area contributed by atoms with Crippen LogP contribution < -0.4 is 16.2 Å². The number of H-pyrrole nitrogens is 1. The fourth-order valence-corrected chi connectivity index (χ4v) is 3.04.